The van der Waals surface area contributed by atoms with Gasteiger partial charge in [0.1, 0.15) is 0 Å². The number of alkyl halides is 1. The summed E-state index contributed by atoms with van der Waals surface area (Å²) >= 11 is 5.30. The number of halogens is 1. The second kappa shape index (κ2) is 14.8. The zero-order valence-corrected chi connectivity index (χ0v) is 12.6. The molecule has 0 aromatic rings. The fourth-order valence-electron chi connectivity index (χ4n) is 2.07. The summed E-state index contributed by atoms with van der Waals surface area (Å²) in [5.41, 5.74) is 0. The third-order valence-corrected chi connectivity index (χ3v) is 3.31. The third-order valence-electron chi connectivity index (χ3n) is 3.20. The summed E-state index contributed by atoms with van der Waals surface area (Å²) in [6.45, 7) is 2.25. The van der Waals surface area contributed by atoms with Crippen molar-refractivity contribution >= 4 is 17.6 Å². The Hall–Kier alpha value is -0.240. The van der Waals surface area contributed by atoms with E-state index in [0.717, 1.165) is 12.8 Å². The monoisotopic (exact) mass is 276 g/mol. The first kappa shape index (κ1) is 17.8. The summed E-state index contributed by atoms with van der Waals surface area (Å²) in [4.78, 5) is 11.0. The largest absolute Gasteiger partial charge is 0.449 e. The normalized spacial score (nSPS) is 10.6. The van der Waals surface area contributed by atoms with Gasteiger partial charge in [0.05, 0.1) is 0 Å². The van der Waals surface area contributed by atoms with Crippen molar-refractivity contribution in [2.45, 2.75) is 84.0 Å². The van der Waals surface area contributed by atoms with Gasteiger partial charge in [-0.15, -0.1) is 0 Å². The van der Waals surface area contributed by atoms with E-state index in [9.17, 15) is 4.79 Å². The highest BCUT2D eigenvalue weighted by atomic mass is 35.5. The number of rotatable bonds is 13. The lowest BCUT2D eigenvalue weighted by Crippen LogP contribution is -2.01. The van der Waals surface area contributed by atoms with E-state index < -0.39 is 0 Å². The summed E-state index contributed by atoms with van der Waals surface area (Å²) in [5, 5.41) is 0. The van der Waals surface area contributed by atoms with Gasteiger partial charge < -0.3 is 4.74 Å². The molecule has 0 saturated carbocycles. The topological polar surface area (TPSA) is 26.3 Å². The van der Waals surface area contributed by atoms with Gasteiger partial charge in [0.25, 0.3) is 0 Å². The van der Waals surface area contributed by atoms with E-state index in [1.54, 1.807) is 0 Å². The standard InChI is InChI=1S/C15H29ClO2/c1-2-3-4-5-6-7-8-9-10-11-12-13-15(17)18-14-16/h2-14H2,1H3. The Labute approximate surface area is 117 Å². The zero-order chi connectivity index (χ0) is 13.5. The summed E-state index contributed by atoms with van der Waals surface area (Å²) in [6, 6.07) is -0.0170. The Bertz CT molecular complexity index is 183. The Morgan fingerprint density at radius 1 is 0.833 bits per heavy atom. The van der Waals surface area contributed by atoms with Gasteiger partial charge in [-0.2, -0.15) is 0 Å². The van der Waals surface area contributed by atoms with Crippen molar-refractivity contribution in [2.24, 2.45) is 0 Å². The van der Waals surface area contributed by atoms with Gasteiger partial charge in [0.2, 0.25) is 0 Å². The third kappa shape index (κ3) is 13.8. The van der Waals surface area contributed by atoms with Crippen LogP contribution in [0.3, 0.4) is 0 Å². The summed E-state index contributed by atoms with van der Waals surface area (Å²) in [7, 11) is 0. The predicted octanol–water partition coefficient (Wildman–Crippen LogP) is 5.43. The Morgan fingerprint density at radius 2 is 1.28 bits per heavy atom. The van der Waals surface area contributed by atoms with E-state index >= 15 is 0 Å². The van der Waals surface area contributed by atoms with Crippen molar-refractivity contribution in [3.8, 4) is 0 Å². The SMILES string of the molecule is CCCCCCCCCCCCCC(=O)OCCl. The van der Waals surface area contributed by atoms with E-state index in [1.807, 2.05) is 0 Å². The number of unbranched alkanes of at least 4 members (excludes halogenated alkanes) is 10. The molecule has 0 spiro atoms. The number of hydrogen-bond acceptors (Lipinski definition) is 2. The lowest BCUT2D eigenvalue weighted by atomic mass is 10.1. The molecule has 0 fully saturated rings. The molecule has 18 heavy (non-hydrogen) atoms. The molecule has 0 saturated heterocycles. The molecular formula is C15H29ClO2. The first-order chi connectivity index (χ1) is 8.81. The summed E-state index contributed by atoms with van der Waals surface area (Å²) in [5.74, 6) is -0.166. The summed E-state index contributed by atoms with van der Waals surface area (Å²) in [6.07, 6.45) is 14.8. The maximum Gasteiger partial charge on any atom is 0.306 e. The molecule has 0 amide bonds. The second-order valence-electron chi connectivity index (χ2n) is 4.91. The first-order valence-electron chi connectivity index (χ1n) is 7.52. The molecule has 0 bridgehead atoms. The number of esters is 1. The van der Waals surface area contributed by atoms with E-state index in [4.69, 9.17) is 11.6 Å². The first-order valence-corrected chi connectivity index (χ1v) is 8.06. The summed E-state index contributed by atoms with van der Waals surface area (Å²) < 4.78 is 4.66. The van der Waals surface area contributed by atoms with E-state index in [1.165, 1.54) is 57.8 Å². The fraction of sp³-hybridized carbons (Fsp3) is 0.933. The highest BCUT2D eigenvalue weighted by Gasteiger charge is 2.00. The molecule has 0 radical (unpaired) electrons. The molecule has 3 heteroatoms. The van der Waals surface area contributed by atoms with Crippen molar-refractivity contribution in [2.75, 3.05) is 6.07 Å². The van der Waals surface area contributed by atoms with Gasteiger partial charge in [0.15, 0.2) is 6.07 Å². The maximum absolute atomic E-state index is 11.0. The molecule has 0 heterocycles. The van der Waals surface area contributed by atoms with Crippen LogP contribution in [0.5, 0.6) is 0 Å². The quantitative estimate of drug-likeness (QED) is 0.255. The maximum atomic E-state index is 11.0. The minimum absolute atomic E-state index is 0.0170. The highest BCUT2D eigenvalue weighted by Crippen LogP contribution is 2.12. The molecule has 0 aliphatic heterocycles. The van der Waals surface area contributed by atoms with Gasteiger partial charge in [-0.05, 0) is 6.42 Å². The number of carbonyl (C=O) groups is 1. The second-order valence-corrected chi connectivity index (χ2v) is 5.13. The predicted molar refractivity (Wildman–Crippen MR) is 77.9 cm³/mol. The van der Waals surface area contributed by atoms with Crippen molar-refractivity contribution in [1.29, 1.82) is 0 Å². The van der Waals surface area contributed by atoms with Crippen LogP contribution in [0.25, 0.3) is 0 Å². The van der Waals surface area contributed by atoms with E-state index in [0.29, 0.717) is 6.42 Å². The Morgan fingerprint density at radius 3 is 1.72 bits per heavy atom. The number of ether oxygens (including phenoxy) is 1. The van der Waals surface area contributed by atoms with E-state index in [2.05, 4.69) is 11.7 Å². The van der Waals surface area contributed by atoms with Crippen LogP contribution in [-0.2, 0) is 9.53 Å². The molecule has 0 N–H and O–H groups in total. The lowest BCUT2D eigenvalue weighted by molar-refractivity contribution is -0.141. The molecule has 0 rings (SSSR count). The molecule has 0 aliphatic carbocycles. The lowest BCUT2D eigenvalue weighted by Gasteiger charge is -2.02. The van der Waals surface area contributed by atoms with Crippen molar-refractivity contribution in [1.82, 2.24) is 0 Å². The van der Waals surface area contributed by atoms with Crippen molar-refractivity contribution in [3.05, 3.63) is 0 Å². The number of hydrogen-bond donors (Lipinski definition) is 0. The van der Waals surface area contributed by atoms with Crippen LogP contribution in [0.4, 0.5) is 0 Å². The minimum Gasteiger partial charge on any atom is -0.449 e. The van der Waals surface area contributed by atoms with Crippen molar-refractivity contribution < 1.29 is 9.53 Å². The van der Waals surface area contributed by atoms with Gasteiger partial charge in [-0.1, -0.05) is 82.7 Å². The molecule has 0 aromatic heterocycles. The Kier molecular flexibility index (Phi) is 14.6. The average molecular weight is 277 g/mol. The minimum atomic E-state index is -0.166. The molecule has 2 nitrogen and oxygen atoms in total. The van der Waals surface area contributed by atoms with Crippen molar-refractivity contribution in [3.63, 3.8) is 0 Å². The van der Waals surface area contributed by atoms with Crippen LogP contribution in [0.15, 0.2) is 0 Å². The van der Waals surface area contributed by atoms with Crippen LogP contribution in [0, 0.1) is 0 Å². The molecule has 0 aliphatic rings. The molecule has 0 unspecified atom stereocenters. The molecule has 0 aromatic carbocycles. The van der Waals surface area contributed by atoms with Gasteiger partial charge in [-0.3, -0.25) is 4.79 Å². The highest BCUT2D eigenvalue weighted by molar-refractivity contribution is 6.17. The van der Waals surface area contributed by atoms with Crippen LogP contribution in [0.1, 0.15) is 84.0 Å². The zero-order valence-electron chi connectivity index (χ0n) is 11.9. The van der Waals surface area contributed by atoms with Crippen LogP contribution in [0.2, 0.25) is 0 Å². The molecular weight excluding hydrogens is 248 g/mol. The van der Waals surface area contributed by atoms with Gasteiger partial charge in [-0.25, -0.2) is 0 Å². The van der Waals surface area contributed by atoms with Crippen LogP contribution >= 0.6 is 11.6 Å². The van der Waals surface area contributed by atoms with Gasteiger partial charge in [0, 0.05) is 6.42 Å². The molecule has 0 atom stereocenters. The Balaban J connectivity index is 3.01. The smallest absolute Gasteiger partial charge is 0.306 e. The fourth-order valence-corrected chi connectivity index (χ4v) is 2.19. The average Bonchev–Trinajstić information content (AvgIpc) is 2.36. The molecule has 108 valence electrons. The van der Waals surface area contributed by atoms with Crippen LogP contribution in [-0.4, -0.2) is 12.0 Å². The van der Waals surface area contributed by atoms with Crippen LogP contribution < -0.4 is 0 Å². The number of carbonyl (C=O) groups excluding carboxylic acids is 1. The van der Waals surface area contributed by atoms with Gasteiger partial charge >= 0.3 is 5.97 Å². The van der Waals surface area contributed by atoms with E-state index in [-0.39, 0.29) is 12.0 Å².